The van der Waals surface area contributed by atoms with Gasteiger partial charge in [0.2, 0.25) is 0 Å². The van der Waals surface area contributed by atoms with E-state index in [1.165, 1.54) is 4.31 Å². The van der Waals surface area contributed by atoms with Crippen LogP contribution in [0.3, 0.4) is 0 Å². The minimum absolute atomic E-state index is 0.0759. The minimum atomic E-state index is -3.54. The molecule has 0 saturated carbocycles. The molecule has 2 aromatic rings. The molecule has 1 heterocycles. The van der Waals surface area contributed by atoms with Crippen LogP contribution in [-0.2, 0) is 16.4 Å². The lowest BCUT2D eigenvalue weighted by atomic mass is 10.1. The van der Waals surface area contributed by atoms with Gasteiger partial charge in [0.05, 0.1) is 10.6 Å². The Bertz CT molecular complexity index is 741. The lowest BCUT2D eigenvalue weighted by molar-refractivity contribution is 0.584. The van der Waals surface area contributed by atoms with Crippen molar-refractivity contribution in [3.8, 4) is 0 Å². The maximum Gasteiger partial charge on any atom is 0.264 e. The average Bonchev–Trinajstić information content (AvgIpc) is 2.75. The summed E-state index contributed by atoms with van der Waals surface area (Å²) >= 11 is 5.82. The molecule has 3 nitrogen and oxygen atoms in total. The van der Waals surface area contributed by atoms with Crippen LogP contribution in [0.25, 0.3) is 0 Å². The molecule has 3 rings (SSSR count). The second kappa shape index (κ2) is 4.79. The van der Waals surface area contributed by atoms with Gasteiger partial charge in [0, 0.05) is 11.1 Å². The number of anilines is 1. The minimum Gasteiger partial charge on any atom is -0.263 e. The Labute approximate surface area is 123 Å². The second-order valence-electron chi connectivity index (χ2n) is 4.94. The van der Waals surface area contributed by atoms with Crippen molar-refractivity contribution in [1.29, 1.82) is 0 Å². The highest BCUT2D eigenvalue weighted by Gasteiger charge is 2.35. The lowest BCUT2D eigenvalue weighted by Crippen LogP contribution is -2.35. The molecule has 0 aromatic heterocycles. The largest absolute Gasteiger partial charge is 0.264 e. The van der Waals surface area contributed by atoms with Gasteiger partial charge in [-0.1, -0.05) is 29.8 Å². The smallest absolute Gasteiger partial charge is 0.263 e. The van der Waals surface area contributed by atoms with E-state index in [9.17, 15) is 8.42 Å². The van der Waals surface area contributed by atoms with Crippen LogP contribution in [0, 0.1) is 0 Å². The third-order valence-corrected chi connectivity index (χ3v) is 5.71. The van der Waals surface area contributed by atoms with Crippen molar-refractivity contribution in [2.75, 3.05) is 4.31 Å². The first kappa shape index (κ1) is 13.5. The van der Waals surface area contributed by atoms with Gasteiger partial charge in [0.15, 0.2) is 0 Å². The number of rotatable bonds is 2. The Morgan fingerprint density at radius 1 is 1.10 bits per heavy atom. The van der Waals surface area contributed by atoms with Crippen molar-refractivity contribution < 1.29 is 8.42 Å². The molecule has 0 spiro atoms. The molecule has 1 aliphatic heterocycles. The maximum absolute atomic E-state index is 12.8. The molecule has 0 N–H and O–H groups in total. The summed E-state index contributed by atoms with van der Waals surface area (Å²) in [6, 6.07) is 13.8. The highest BCUT2D eigenvalue weighted by Crippen LogP contribution is 2.36. The van der Waals surface area contributed by atoms with E-state index in [1.54, 1.807) is 24.3 Å². The number of nitrogens with zero attached hydrogens (tertiary/aromatic N) is 1. The number of fused-ring (bicyclic) bond motifs is 1. The average molecular weight is 308 g/mol. The van der Waals surface area contributed by atoms with Gasteiger partial charge < -0.3 is 0 Å². The molecule has 0 bridgehead atoms. The standard InChI is InChI=1S/C15H14ClNO2S/c1-11-10-12-4-2-3-5-15(12)17(11)20(18,19)14-8-6-13(16)7-9-14/h2-9,11H,10H2,1H3/t11-/m0/s1. The van der Waals surface area contributed by atoms with Crippen LogP contribution in [0.4, 0.5) is 5.69 Å². The molecule has 0 radical (unpaired) electrons. The summed E-state index contributed by atoms with van der Waals surface area (Å²) in [7, 11) is -3.54. The van der Waals surface area contributed by atoms with Gasteiger partial charge in [0.25, 0.3) is 10.0 Å². The molecule has 0 fully saturated rings. The molecule has 5 heteroatoms. The van der Waals surface area contributed by atoms with Gasteiger partial charge in [-0.2, -0.15) is 0 Å². The third kappa shape index (κ3) is 2.09. The van der Waals surface area contributed by atoms with Gasteiger partial charge in [-0.05, 0) is 49.2 Å². The quantitative estimate of drug-likeness (QED) is 0.852. The predicted octanol–water partition coefficient (Wildman–Crippen LogP) is 3.48. The molecule has 0 saturated heterocycles. The molecular formula is C15H14ClNO2S. The van der Waals surface area contributed by atoms with Crippen molar-refractivity contribution in [1.82, 2.24) is 0 Å². The van der Waals surface area contributed by atoms with Crippen LogP contribution in [0.5, 0.6) is 0 Å². The molecule has 0 amide bonds. The van der Waals surface area contributed by atoms with Crippen molar-refractivity contribution in [3.05, 3.63) is 59.1 Å². The fourth-order valence-electron chi connectivity index (χ4n) is 2.62. The summed E-state index contributed by atoms with van der Waals surface area (Å²) in [4.78, 5) is 0.269. The zero-order valence-corrected chi connectivity index (χ0v) is 12.5. The number of halogens is 1. The molecule has 2 aromatic carbocycles. The summed E-state index contributed by atoms with van der Waals surface area (Å²) in [5, 5.41) is 0.527. The van der Waals surface area contributed by atoms with Crippen LogP contribution in [-0.4, -0.2) is 14.5 Å². The van der Waals surface area contributed by atoms with Gasteiger partial charge in [-0.3, -0.25) is 4.31 Å². The van der Waals surface area contributed by atoms with E-state index >= 15 is 0 Å². The highest BCUT2D eigenvalue weighted by molar-refractivity contribution is 7.92. The topological polar surface area (TPSA) is 37.4 Å². The number of sulfonamides is 1. The Morgan fingerprint density at radius 3 is 2.45 bits per heavy atom. The first-order valence-electron chi connectivity index (χ1n) is 6.38. The van der Waals surface area contributed by atoms with Gasteiger partial charge in [-0.25, -0.2) is 8.42 Å². The first-order chi connectivity index (χ1) is 9.50. The maximum atomic E-state index is 12.8. The number of hydrogen-bond acceptors (Lipinski definition) is 2. The Hall–Kier alpha value is -1.52. The van der Waals surface area contributed by atoms with E-state index in [2.05, 4.69) is 0 Å². The van der Waals surface area contributed by atoms with Crippen molar-refractivity contribution >= 4 is 27.3 Å². The Morgan fingerprint density at radius 2 is 1.75 bits per heavy atom. The van der Waals surface area contributed by atoms with Crippen LogP contribution in [0.1, 0.15) is 12.5 Å². The zero-order valence-electron chi connectivity index (χ0n) is 11.0. The van der Waals surface area contributed by atoms with Gasteiger partial charge in [0.1, 0.15) is 0 Å². The molecular weight excluding hydrogens is 294 g/mol. The van der Waals surface area contributed by atoms with Crippen molar-refractivity contribution in [2.45, 2.75) is 24.3 Å². The molecule has 1 atom stereocenters. The number of hydrogen-bond donors (Lipinski definition) is 0. The van der Waals surface area contributed by atoms with Gasteiger partial charge >= 0.3 is 0 Å². The van der Waals surface area contributed by atoms with E-state index in [0.29, 0.717) is 5.02 Å². The number of benzene rings is 2. The van der Waals surface area contributed by atoms with Crippen LogP contribution < -0.4 is 4.31 Å². The van der Waals surface area contributed by atoms with Gasteiger partial charge in [-0.15, -0.1) is 0 Å². The van der Waals surface area contributed by atoms with E-state index < -0.39 is 10.0 Å². The first-order valence-corrected chi connectivity index (χ1v) is 8.20. The fraction of sp³-hybridized carbons (Fsp3) is 0.200. The highest BCUT2D eigenvalue weighted by atomic mass is 35.5. The molecule has 104 valence electrons. The molecule has 20 heavy (non-hydrogen) atoms. The fourth-order valence-corrected chi connectivity index (χ4v) is 4.44. The Balaban J connectivity index is 2.10. The summed E-state index contributed by atoms with van der Waals surface area (Å²) in [6.45, 7) is 1.92. The van der Waals surface area contributed by atoms with Crippen LogP contribution >= 0.6 is 11.6 Å². The Kier molecular flexibility index (Phi) is 3.22. The predicted molar refractivity (Wildman–Crippen MR) is 80.7 cm³/mol. The van der Waals surface area contributed by atoms with Crippen LogP contribution in [0.2, 0.25) is 5.02 Å². The lowest BCUT2D eigenvalue weighted by Gasteiger charge is -2.24. The third-order valence-electron chi connectivity index (χ3n) is 3.52. The molecule has 0 aliphatic carbocycles. The second-order valence-corrected chi connectivity index (χ2v) is 7.19. The van der Waals surface area contributed by atoms with E-state index in [0.717, 1.165) is 17.7 Å². The summed E-state index contributed by atoms with van der Waals surface area (Å²) in [5.74, 6) is 0. The zero-order chi connectivity index (χ0) is 14.3. The van der Waals surface area contributed by atoms with Crippen molar-refractivity contribution in [2.24, 2.45) is 0 Å². The molecule has 1 aliphatic rings. The van der Waals surface area contributed by atoms with E-state index in [1.807, 2.05) is 31.2 Å². The SMILES string of the molecule is C[C@H]1Cc2ccccc2N1S(=O)(=O)c1ccc(Cl)cc1. The summed E-state index contributed by atoms with van der Waals surface area (Å²) in [6.07, 6.45) is 0.739. The van der Waals surface area contributed by atoms with Crippen molar-refractivity contribution in [3.63, 3.8) is 0 Å². The number of para-hydroxylation sites is 1. The van der Waals surface area contributed by atoms with E-state index in [-0.39, 0.29) is 10.9 Å². The van der Waals surface area contributed by atoms with E-state index in [4.69, 9.17) is 11.6 Å². The normalized spacial score (nSPS) is 18.1. The summed E-state index contributed by atoms with van der Waals surface area (Å²) < 4.78 is 27.1. The molecule has 0 unspecified atom stereocenters. The summed E-state index contributed by atoms with van der Waals surface area (Å²) in [5.41, 5.74) is 1.84. The van der Waals surface area contributed by atoms with Crippen LogP contribution in [0.15, 0.2) is 53.4 Å². The monoisotopic (exact) mass is 307 g/mol.